The van der Waals surface area contributed by atoms with Gasteiger partial charge in [0.15, 0.2) is 0 Å². The van der Waals surface area contributed by atoms with Crippen molar-refractivity contribution in [3.8, 4) is 0 Å². The summed E-state index contributed by atoms with van der Waals surface area (Å²) < 4.78 is 3.81. The summed E-state index contributed by atoms with van der Waals surface area (Å²) >= 11 is 1.29. The number of carbonyl (C=O) groups is 1. The number of nitrogens with zero attached hydrogens (tertiary/aromatic N) is 5. The van der Waals surface area contributed by atoms with Gasteiger partial charge in [-0.05, 0) is 18.5 Å². The van der Waals surface area contributed by atoms with Crippen molar-refractivity contribution in [2.75, 3.05) is 7.05 Å². The summed E-state index contributed by atoms with van der Waals surface area (Å²) in [6.07, 6.45) is 1.31. The largest absolute Gasteiger partial charge is 0.334 e. The number of aromatic amines is 1. The standard InChI is InChI=1S/C8H10N6OS/c1-5-6(16-13-11-5)3-14(2)8(15)7-9-4-10-12-7/h4H,3H2,1-2H3,(H,9,10,12). The summed E-state index contributed by atoms with van der Waals surface area (Å²) in [7, 11) is 1.70. The first-order valence-corrected chi connectivity index (χ1v) is 5.34. The van der Waals surface area contributed by atoms with Crippen LogP contribution in [0.2, 0.25) is 0 Å². The Morgan fingerprint density at radius 2 is 2.44 bits per heavy atom. The van der Waals surface area contributed by atoms with Crippen LogP contribution in [0.4, 0.5) is 0 Å². The molecule has 8 heteroatoms. The highest BCUT2D eigenvalue weighted by atomic mass is 32.1. The van der Waals surface area contributed by atoms with Crippen molar-refractivity contribution in [3.63, 3.8) is 0 Å². The molecule has 1 amide bonds. The van der Waals surface area contributed by atoms with Gasteiger partial charge < -0.3 is 4.90 Å². The Morgan fingerprint density at radius 1 is 1.62 bits per heavy atom. The molecule has 0 saturated heterocycles. The number of aryl methyl sites for hydroxylation is 1. The zero-order chi connectivity index (χ0) is 11.5. The Kier molecular flexibility index (Phi) is 2.91. The van der Waals surface area contributed by atoms with E-state index in [4.69, 9.17) is 0 Å². The number of nitrogens with one attached hydrogen (secondary N) is 1. The van der Waals surface area contributed by atoms with E-state index in [0.717, 1.165) is 10.6 Å². The van der Waals surface area contributed by atoms with Crippen molar-refractivity contribution in [2.24, 2.45) is 0 Å². The van der Waals surface area contributed by atoms with Gasteiger partial charge in [0.2, 0.25) is 5.82 Å². The smallest absolute Gasteiger partial charge is 0.291 e. The molecule has 0 aliphatic heterocycles. The molecular formula is C8H10N6OS. The SMILES string of the molecule is Cc1nnsc1CN(C)C(=O)c1ncn[nH]1. The molecule has 2 aromatic heterocycles. The molecule has 84 valence electrons. The Morgan fingerprint density at radius 3 is 3.00 bits per heavy atom. The van der Waals surface area contributed by atoms with Gasteiger partial charge in [0.05, 0.1) is 17.1 Å². The highest BCUT2D eigenvalue weighted by Gasteiger charge is 2.16. The van der Waals surface area contributed by atoms with Crippen molar-refractivity contribution < 1.29 is 4.79 Å². The molecule has 2 heterocycles. The first-order chi connectivity index (χ1) is 7.68. The van der Waals surface area contributed by atoms with Crippen LogP contribution in [0.1, 0.15) is 21.2 Å². The second-order valence-corrected chi connectivity index (χ2v) is 4.12. The maximum absolute atomic E-state index is 11.8. The average molecular weight is 238 g/mol. The molecule has 7 nitrogen and oxygen atoms in total. The number of amides is 1. The highest BCUT2D eigenvalue weighted by molar-refractivity contribution is 7.05. The minimum atomic E-state index is -0.203. The lowest BCUT2D eigenvalue weighted by Crippen LogP contribution is -2.27. The van der Waals surface area contributed by atoms with E-state index in [1.165, 1.54) is 17.9 Å². The summed E-state index contributed by atoms with van der Waals surface area (Å²) in [6, 6.07) is 0. The fraction of sp³-hybridized carbons (Fsp3) is 0.375. The number of carbonyl (C=O) groups excluding carboxylic acids is 1. The topological polar surface area (TPSA) is 87.7 Å². The van der Waals surface area contributed by atoms with E-state index in [9.17, 15) is 4.79 Å². The quantitative estimate of drug-likeness (QED) is 0.827. The van der Waals surface area contributed by atoms with E-state index in [-0.39, 0.29) is 11.7 Å². The first-order valence-electron chi connectivity index (χ1n) is 4.57. The van der Waals surface area contributed by atoms with Crippen LogP contribution in [0.25, 0.3) is 0 Å². The first kappa shape index (κ1) is 10.7. The molecule has 0 aliphatic carbocycles. The van der Waals surface area contributed by atoms with Crippen LogP contribution in [-0.2, 0) is 6.54 Å². The van der Waals surface area contributed by atoms with Gasteiger partial charge >= 0.3 is 0 Å². The third-order valence-corrected chi connectivity index (χ3v) is 2.90. The van der Waals surface area contributed by atoms with E-state index in [1.54, 1.807) is 11.9 Å². The second-order valence-electron chi connectivity index (χ2n) is 3.28. The molecule has 2 rings (SSSR count). The molecule has 2 aromatic rings. The predicted molar refractivity (Wildman–Crippen MR) is 56.8 cm³/mol. The number of H-pyrrole nitrogens is 1. The lowest BCUT2D eigenvalue weighted by Gasteiger charge is -2.13. The molecule has 0 radical (unpaired) electrons. The van der Waals surface area contributed by atoms with Gasteiger partial charge in [0.25, 0.3) is 5.91 Å². The number of hydrogen-bond acceptors (Lipinski definition) is 6. The molecule has 0 saturated carbocycles. The lowest BCUT2D eigenvalue weighted by atomic mass is 10.3. The number of hydrogen-bond donors (Lipinski definition) is 1. The molecule has 0 spiro atoms. The third-order valence-electron chi connectivity index (χ3n) is 2.09. The number of rotatable bonds is 3. The molecule has 0 bridgehead atoms. The van der Waals surface area contributed by atoms with E-state index in [1.807, 2.05) is 6.92 Å². The zero-order valence-electron chi connectivity index (χ0n) is 8.84. The van der Waals surface area contributed by atoms with Gasteiger partial charge in [-0.15, -0.1) is 5.10 Å². The Labute approximate surface area is 95.7 Å². The molecule has 0 atom stereocenters. The average Bonchev–Trinajstić information content (AvgIpc) is 2.89. The van der Waals surface area contributed by atoms with Crippen LogP contribution < -0.4 is 0 Å². The third kappa shape index (κ3) is 2.06. The van der Waals surface area contributed by atoms with E-state index >= 15 is 0 Å². The predicted octanol–water partition coefficient (Wildman–Crippen LogP) is 0.237. The van der Waals surface area contributed by atoms with Crippen molar-refractivity contribution in [1.29, 1.82) is 0 Å². The Bertz CT molecular complexity index is 478. The zero-order valence-corrected chi connectivity index (χ0v) is 9.65. The summed E-state index contributed by atoms with van der Waals surface area (Å²) in [4.78, 5) is 18.1. The van der Waals surface area contributed by atoms with Crippen LogP contribution in [0.3, 0.4) is 0 Å². The molecule has 0 fully saturated rings. The van der Waals surface area contributed by atoms with Crippen LogP contribution in [0, 0.1) is 6.92 Å². The fourth-order valence-electron chi connectivity index (χ4n) is 1.17. The van der Waals surface area contributed by atoms with Crippen molar-refractivity contribution in [3.05, 3.63) is 22.7 Å². The minimum absolute atomic E-state index is 0.203. The summed E-state index contributed by atoms with van der Waals surface area (Å²) in [5.41, 5.74) is 0.849. The van der Waals surface area contributed by atoms with Crippen LogP contribution in [0.15, 0.2) is 6.33 Å². The van der Waals surface area contributed by atoms with E-state index in [0.29, 0.717) is 6.54 Å². The van der Waals surface area contributed by atoms with Crippen LogP contribution in [-0.4, -0.2) is 42.6 Å². The van der Waals surface area contributed by atoms with Crippen molar-refractivity contribution in [2.45, 2.75) is 13.5 Å². The monoisotopic (exact) mass is 238 g/mol. The molecular weight excluding hydrogens is 228 g/mol. The lowest BCUT2D eigenvalue weighted by molar-refractivity contribution is 0.0774. The van der Waals surface area contributed by atoms with Gasteiger partial charge in [-0.3, -0.25) is 9.89 Å². The number of aromatic nitrogens is 5. The molecule has 16 heavy (non-hydrogen) atoms. The summed E-state index contributed by atoms with van der Waals surface area (Å²) in [5, 5.41) is 10.1. The molecule has 0 aromatic carbocycles. The maximum Gasteiger partial charge on any atom is 0.291 e. The highest BCUT2D eigenvalue weighted by Crippen LogP contribution is 2.12. The van der Waals surface area contributed by atoms with Crippen molar-refractivity contribution in [1.82, 2.24) is 29.7 Å². The van der Waals surface area contributed by atoms with Crippen molar-refractivity contribution >= 4 is 17.4 Å². The maximum atomic E-state index is 11.8. The normalized spacial score (nSPS) is 10.4. The Hall–Kier alpha value is -1.83. The van der Waals surface area contributed by atoms with Gasteiger partial charge in [0, 0.05) is 7.05 Å². The Balaban J connectivity index is 2.07. The van der Waals surface area contributed by atoms with Gasteiger partial charge in [-0.2, -0.15) is 5.10 Å². The van der Waals surface area contributed by atoms with Gasteiger partial charge in [0.1, 0.15) is 6.33 Å². The van der Waals surface area contributed by atoms with Crippen LogP contribution >= 0.6 is 11.5 Å². The fourth-order valence-corrected chi connectivity index (χ4v) is 1.86. The van der Waals surface area contributed by atoms with Crippen LogP contribution in [0.5, 0.6) is 0 Å². The van der Waals surface area contributed by atoms with E-state index in [2.05, 4.69) is 24.8 Å². The minimum Gasteiger partial charge on any atom is -0.334 e. The summed E-state index contributed by atoms with van der Waals surface area (Å²) in [6.45, 7) is 2.34. The molecule has 0 unspecified atom stereocenters. The molecule has 1 N–H and O–H groups in total. The molecule has 0 aliphatic rings. The van der Waals surface area contributed by atoms with E-state index < -0.39 is 0 Å². The summed E-state index contributed by atoms with van der Waals surface area (Å²) in [5.74, 6) is 0.0305. The second kappa shape index (κ2) is 4.35. The van der Waals surface area contributed by atoms with Gasteiger partial charge in [-0.1, -0.05) is 4.49 Å². The van der Waals surface area contributed by atoms with Gasteiger partial charge in [-0.25, -0.2) is 4.98 Å².